The normalized spacial score (nSPS) is 46.4. The molecule has 6 heteroatoms. The van der Waals surface area contributed by atoms with E-state index in [0.29, 0.717) is 0 Å². The highest BCUT2D eigenvalue weighted by Crippen LogP contribution is 2.61. The molecule has 2 amide bonds. The fourth-order valence-electron chi connectivity index (χ4n) is 9.72. The molecule has 0 radical (unpaired) electrons. The van der Waals surface area contributed by atoms with Gasteiger partial charge in [-0.25, -0.2) is 10.9 Å². The van der Waals surface area contributed by atoms with Crippen LogP contribution in [-0.2, 0) is 9.59 Å². The Morgan fingerprint density at radius 3 is 1.06 bits per heavy atom. The topological polar surface area (TPSA) is 82.9 Å². The maximum Gasteiger partial charge on any atom is 0.331 e. The van der Waals surface area contributed by atoms with E-state index in [-0.39, 0.29) is 10.8 Å². The zero-order valence-electron chi connectivity index (χ0n) is 19.7. The number of nitrogens with zero attached hydrogens (tertiary/aromatic N) is 2. The van der Waals surface area contributed by atoms with Crippen molar-refractivity contribution in [3.8, 4) is 0 Å². The largest absolute Gasteiger partial charge is 0.331 e. The molecule has 0 saturated heterocycles. The summed E-state index contributed by atoms with van der Waals surface area (Å²) >= 11 is 0. The van der Waals surface area contributed by atoms with Crippen molar-refractivity contribution in [1.29, 1.82) is 0 Å². The molecule has 0 atom stereocenters. The maximum atomic E-state index is 12.4. The van der Waals surface area contributed by atoms with Gasteiger partial charge in [0.05, 0.1) is 0 Å². The lowest BCUT2D eigenvalue weighted by Gasteiger charge is -2.56. The summed E-state index contributed by atoms with van der Waals surface area (Å²) in [7, 11) is 0. The van der Waals surface area contributed by atoms with Crippen LogP contribution in [0.4, 0.5) is 0 Å². The van der Waals surface area contributed by atoms with E-state index >= 15 is 0 Å². The van der Waals surface area contributed by atoms with Gasteiger partial charge in [0.2, 0.25) is 0 Å². The second-order valence-corrected chi connectivity index (χ2v) is 12.7. The molecular weight excluding hydrogens is 400 g/mol. The first-order valence-electron chi connectivity index (χ1n) is 13.0. The number of amides is 2. The molecule has 8 aliphatic rings. The average molecular weight is 439 g/mol. The van der Waals surface area contributed by atoms with Gasteiger partial charge in [-0.2, -0.15) is 10.2 Å². The lowest BCUT2D eigenvalue weighted by Crippen LogP contribution is -2.50. The Bertz CT molecular complexity index is 746. The number of nitrogens with one attached hydrogen (secondary N) is 2. The van der Waals surface area contributed by atoms with Crippen LogP contribution in [0.5, 0.6) is 0 Å². The molecular formula is C26H38N4O2. The SMILES string of the molecule is CC(=NNC(=O)C(=O)NN=C(C)C12CC3CC(CC(C3)C1)C2)C12CC3CC(CC(C3)C1)C2. The van der Waals surface area contributed by atoms with Crippen molar-refractivity contribution in [2.45, 2.75) is 90.9 Å². The van der Waals surface area contributed by atoms with Crippen LogP contribution in [0.25, 0.3) is 0 Å². The summed E-state index contributed by atoms with van der Waals surface area (Å²) < 4.78 is 0. The zero-order valence-corrected chi connectivity index (χ0v) is 19.7. The highest BCUT2D eigenvalue weighted by atomic mass is 16.2. The fourth-order valence-corrected chi connectivity index (χ4v) is 9.72. The number of carbonyl (C=O) groups is 2. The van der Waals surface area contributed by atoms with Gasteiger partial charge < -0.3 is 0 Å². The fraction of sp³-hybridized carbons (Fsp3) is 0.846. The third-order valence-corrected chi connectivity index (χ3v) is 10.5. The quantitative estimate of drug-likeness (QED) is 0.387. The number of hydrogen-bond donors (Lipinski definition) is 2. The standard InChI is InChI=1S/C26H38N4O2/c1-15(25-9-17-3-18(10-25)5-19(4-17)11-25)27-29-23(31)24(32)30-28-16(2)26-12-20-6-21(13-26)8-22(7-20)14-26/h17-22H,3-14H2,1-2H3,(H,29,31)(H,30,32). The summed E-state index contributed by atoms with van der Waals surface area (Å²) in [6, 6.07) is 0. The molecule has 8 aliphatic carbocycles. The summed E-state index contributed by atoms with van der Waals surface area (Å²) in [6.45, 7) is 4.08. The molecule has 8 saturated carbocycles. The van der Waals surface area contributed by atoms with Gasteiger partial charge in [0, 0.05) is 22.3 Å². The van der Waals surface area contributed by atoms with E-state index in [1.165, 1.54) is 77.0 Å². The van der Waals surface area contributed by atoms with Crippen LogP contribution >= 0.6 is 0 Å². The van der Waals surface area contributed by atoms with Crippen molar-refractivity contribution < 1.29 is 9.59 Å². The first kappa shape index (κ1) is 20.9. The molecule has 0 aromatic heterocycles. The predicted molar refractivity (Wildman–Crippen MR) is 124 cm³/mol. The van der Waals surface area contributed by atoms with Crippen LogP contribution in [0.15, 0.2) is 10.2 Å². The number of carbonyl (C=O) groups excluding carboxylic acids is 2. The summed E-state index contributed by atoms with van der Waals surface area (Å²) in [5, 5.41) is 8.85. The molecule has 0 unspecified atom stereocenters. The van der Waals surface area contributed by atoms with E-state index < -0.39 is 11.8 Å². The highest BCUT2D eigenvalue weighted by molar-refractivity contribution is 6.35. The van der Waals surface area contributed by atoms with Crippen LogP contribution < -0.4 is 10.9 Å². The minimum Gasteiger partial charge on any atom is -0.262 e. The van der Waals surface area contributed by atoms with Crippen molar-refractivity contribution in [3.63, 3.8) is 0 Å². The van der Waals surface area contributed by atoms with Crippen molar-refractivity contribution >= 4 is 23.2 Å². The molecule has 0 aliphatic heterocycles. The first-order valence-corrected chi connectivity index (χ1v) is 13.0. The maximum absolute atomic E-state index is 12.4. The van der Waals surface area contributed by atoms with E-state index in [1.54, 1.807) is 0 Å². The predicted octanol–water partition coefficient (Wildman–Crippen LogP) is 4.40. The Morgan fingerprint density at radius 1 is 0.562 bits per heavy atom. The molecule has 8 fully saturated rings. The summed E-state index contributed by atoms with van der Waals surface area (Å²) in [6.07, 6.45) is 15.5. The lowest BCUT2D eigenvalue weighted by atomic mass is 9.48. The molecule has 2 N–H and O–H groups in total. The molecule has 8 rings (SSSR count). The van der Waals surface area contributed by atoms with Crippen molar-refractivity contribution in [3.05, 3.63) is 0 Å². The van der Waals surface area contributed by atoms with Gasteiger partial charge in [-0.05, 0) is 126 Å². The van der Waals surface area contributed by atoms with E-state index in [9.17, 15) is 9.59 Å². The van der Waals surface area contributed by atoms with E-state index in [2.05, 4.69) is 21.1 Å². The van der Waals surface area contributed by atoms with Crippen LogP contribution in [0.1, 0.15) is 90.9 Å². The second-order valence-electron chi connectivity index (χ2n) is 12.7. The number of hydrazone groups is 2. The minimum absolute atomic E-state index is 0.145. The Hall–Kier alpha value is -1.72. The van der Waals surface area contributed by atoms with E-state index in [4.69, 9.17) is 0 Å². The van der Waals surface area contributed by atoms with Crippen LogP contribution in [0.3, 0.4) is 0 Å². The average Bonchev–Trinajstić information content (AvgIpc) is 2.73. The molecule has 0 heterocycles. The Kier molecular flexibility index (Phi) is 4.82. The molecule has 0 spiro atoms. The smallest absolute Gasteiger partial charge is 0.262 e. The Labute approximate surface area is 191 Å². The molecule has 32 heavy (non-hydrogen) atoms. The summed E-state index contributed by atoms with van der Waals surface area (Å²) in [5.41, 5.74) is 7.37. The molecule has 0 aromatic carbocycles. The molecule has 6 nitrogen and oxygen atoms in total. The Morgan fingerprint density at radius 2 is 0.812 bits per heavy atom. The van der Waals surface area contributed by atoms with Gasteiger partial charge in [0.15, 0.2) is 0 Å². The summed E-state index contributed by atoms with van der Waals surface area (Å²) in [5.74, 6) is 3.53. The van der Waals surface area contributed by atoms with E-state index in [0.717, 1.165) is 46.9 Å². The minimum atomic E-state index is -0.712. The number of hydrogen-bond acceptors (Lipinski definition) is 4. The van der Waals surface area contributed by atoms with Crippen LogP contribution in [-0.4, -0.2) is 23.2 Å². The van der Waals surface area contributed by atoms with Crippen molar-refractivity contribution in [1.82, 2.24) is 10.9 Å². The van der Waals surface area contributed by atoms with Crippen LogP contribution in [0, 0.1) is 46.3 Å². The highest BCUT2D eigenvalue weighted by Gasteiger charge is 2.53. The lowest BCUT2D eigenvalue weighted by molar-refractivity contribution is -0.139. The summed E-state index contributed by atoms with van der Waals surface area (Å²) in [4.78, 5) is 24.9. The van der Waals surface area contributed by atoms with Gasteiger partial charge in [-0.1, -0.05) is 0 Å². The zero-order chi connectivity index (χ0) is 22.1. The molecule has 0 aromatic rings. The van der Waals surface area contributed by atoms with Gasteiger partial charge in [0.1, 0.15) is 0 Å². The van der Waals surface area contributed by atoms with Gasteiger partial charge in [-0.15, -0.1) is 0 Å². The first-order chi connectivity index (χ1) is 15.3. The van der Waals surface area contributed by atoms with Gasteiger partial charge >= 0.3 is 11.8 Å². The third-order valence-electron chi connectivity index (χ3n) is 10.5. The van der Waals surface area contributed by atoms with Gasteiger partial charge in [-0.3, -0.25) is 9.59 Å². The third kappa shape index (κ3) is 3.43. The van der Waals surface area contributed by atoms with Crippen LogP contribution in [0.2, 0.25) is 0 Å². The van der Waals surface area contributed by atoms with Gasteiger partial charge in [0.25, 0.3) is 0 Å². The second kappa shape index (κ2) is 7.39. The number of rotatable bonds is 4. The van der Waals surface area contributed by atoms with Crippen molar-refractivity contribution in [2.24, 2.45) is 56.5 Å². The molecule has 8 bridgehead atoms. The van der Waals surface area contributed by atoms with Crippen molar-refractivity contribution in [2.75, 3.05) is 0 Å². The monoisotopic (exact) mass is 438 g/mol. The Balaban J connectivity index is 1.07. The van der Waals surface area contributed by atoms with E-state index in [1.807, 2.05) is 13.8 Å². The molecule has 174 valence electrons.